The first-order valence-electron chi connectivity index (χ1n) is 9.58. The van der Waals surface area contributed by atoms with Gasteiger partial charge in [-0.2, -0.15) is 0 Å². The summed E-state index contributed by atoms with van der Waals surface area (Å²) in [4.78, 5) is 21.8. The van der Waals surface area contributed by atoms with Gasteiger partial charge in [-0.05, 0) is 29.7 Å². The largest absolute Gasteiger partial charge is 0.377 e. The quantitative estimate of drug-likeness (QED) is 0.706. The SMILES string of the molecule is COC1C=CC(Cn2cc(Cl)nc(Nc3ncc(C)cc3[Si](C)(C)C)c2=O)=CC1. The van der Waals surface area contributed by atoms with Gasteiger partial charge in [0.05, 0.1) is 20.7 Å². The van der Waals surface area contributed by atoms with Crippen LogP contribution in [-0.4, -0.2) is 35.8 Å². The van der Waals surface area contributed by atoms with E-state index in [2.05, 4.69) is 47.1 Å². The van der Waals surface area contributed by atoms with Crippen LogP contribution in [0.4, 0.5) is 11.6 Å². The minimum absolute atomic E-state index is 0.0846. The average molecular weight is 431 g/mol. The van der Waals surface area contributed by atoms with Gasteiger partial charge in [0.25, 0.3) is 5.56 Å². The fourth-order valence-electron chi connectivity index (χ4n) is 3.19. The third kappa shape index (κ3) is 5.23. The van der Waals surface area contributed by atoms with Crippen LogP contribution in [0, 0.1) is 6.92 Å². The Balaban J connectivity index is 1.92. The molecule has 0 radical (unpaired) electrons. The summed E-state index contributed by atoms with van der Waals surface area (Å²) in [5, 5.41) is 4.55. The van der Waals surface area contributed by atoms with Crippen LogP contribution in [-0.2, 0) is 11.3 Å². The van der Waals surface area contributed by atoms with Crippen molar-refractivity contribution >= 4 is 36.5 Å². The molecule has 3 rings (SSSR count). The van der Waals surface area contributed by atoms with Crippen molar-refractivity contribution in [3.05, 3.63) is 63.3 Å². The van der Waals surface area contributed by atoms with Crippen molar-refractivity contribution in [1.82, 2.24) is 14.5 Å². The molecule has 1 unspecified atom stereocenters. The molecule has 0 aliphatic heterocycles. The third-order valence-electron chi connectivity index (χ3n) is 4.81. The number of ether oxygens (including phenoxy) is 1. The number of nitrogens with one attached hydrogen (secondary N) is 1. The standard InChI is InChI=1S/C21H27ClN4O2Si/c1-14-10-17(29(3,4)5)19(23-11-14)25-20-21(27)26(13-18(22)24-20)12-15-6-8-16(28-2)9-7-15/h6-8,10-11,13,16H,9,12H2,1-5H3,(H,23,24,25). The highest BCUT2D eigenvalue weighted by atomic mass is 35.5. The van der Waals surface area contributed by atoms with Crippen LogP contribution >= 0.6 is 11.6 Å². The van der Waals surface area contributed by atoms with E-state index in [0.717, 1.165) is 22.7 Å². The molecule has 1 N–H and O–H groups in total. The number of hydrogen-bond acceptors (Lipinski definition) is 5. The second kappa shape index (κ2) is 8.65. The van der Waals surface area contributed by atoms with E-state index < -0.39 is 8.07 Å². The molecule has 1 aliphatic carbocycles. The summed E-state index contributed by atoms with van der Waals surface area (Å²) in [6.07, 6.45) is 10.3. The second-order valence-corrected chi connectivity index (χ2v) is 13.7. The monoisotopic (exact) mass is 430 g/mol. The van der Waals surface area contributed by atoms with E-state index in [4.69, 9.17) is 16.3 Å². The molecule has 1 atom stereocenters. The molecule has 0 saturated heterocycles. The minimum atomic E-state index is -1.68. The first-order valence-corrected chi connectivity index (χ1v) is 13.5. The van der Waals surface area contributed by atoms with Crippen LogP contribution in [0.2, 0.25) is 24.8 Å². The molecule has 0 fully saturated rings. The Hall–Kier alpha value is -2.22. The van der Waals surface area contributed by atoms with Crippen LogP contribution in [0.5, 0.6) is 0 Å². The lowest BCUT2D eigenvalue weighted by molar-refractivity contribution is 0.142. The molecule has 154 valence electrons. The Kier molecular flexibility index (Phi) is 6.41. The molecule has 2 aromatic rings. The van der Waals surface area contributed by atoms with E-state index in [0.29, 0.717) is 12.4 Å². The van der Waals surface area contributed by atoms with E-state index in [9.17, 15) is 4.79 Å². The van der Waals surface area contributed by atoms with Gasteiger partial charge < -0.3 is 14.6 Å². The van der Waals surface area contributed by atoms with Crippen molar-refractivity contribution in [2.75, 3.05) is 12.4 Å². The number of pyridine rings is 1. The summed E-state index contributed by atoms with van der Waals surface area (Å²) in [5.41, 5.74) is 1.89. The lowest BCUT2D eigenvalue weighted by atomic mass is 10.1. The van der Waals surface area contributed by atoms with Crippen LogP contribution in [0.15, 0.2) is 47.1 Å². The number of methoxy groups -OCH3 is 1. The summed E-state index contributed by atoms with van der Waals surface area (Å²) in [6, 6.07) is 2.13. The molecule has 2 aromatic heterocycles. The zero-order valence-corrected chi connectivity index (χ0v) is 19.2. The van der Waals surface area contributed by atoms with Crippen LogP contribution < -0.4 is 16.1 Å². The van der Waals surface area contributed by atoms with Gasteiger partial charge in [0.15, 0.2) is 5.82 Å². The van der Waals surface area contributed by atoms with Gasteiger partial charge in [-0.3, -0.25) is 4.79 Å². The molecule has 29 heavy (non-hydrogen) atoms. The van der Waals surface area contributed by atoms with E-state index in [-0.39, 0.29) is 22.6 Å². The van der Waals surface area contributed by atoms with Crippen molar-refractivity contribution < 1.29 is 4.74 Å². The van der Waals surface area contributed by atoms with Gasteiger partial charge >= 0.3 is 0 Å². The van der Waals surface area contributed by atoms with Crippen molar-refractivity contribution in [3.8, 4) is 0 Å². The predicted octanol–water partition coefficient (Wildman–Crippen LogP) is 3.79. The Bertz CT molecular complexity index is 1020. The van der Waals surface area contributed by atoms with Crippen molar-refractivity contribution in [2.24, 2.45) is 0 Å². The molecule has 0 bridgehead atoms. The fourth-order valence-corrected chi connectivity index (χ4v) is 4.89. The number of allylic oxidation sites excluding steroid dienone is 2. The number of aromatic nitrogens is 3. The van der Waals surface area contributed by atoms with Crippen LogP contribution in [0.3, 0.4) is 0 Å². The second-order valence-electron chi connectivity index (χ2n) is 8.28. The van der Waals surface area contributed by atoms with Crippen molar-refractivity contribution in [3.63, 3.8) is 0 Å². The lowest BCUT2D eigenvalue weighted by Gasteiger charge is -2.21. The summed E-state index contributed by atoms with van der Waals surface area (Å²) in [7, 11) is 0.00948. The average Bonchev–Trinajstić information content (AvgIpc) is 2.66. The summed E-state index contributed by atoms with van der Waals surface area (Å²) >= 11 is 6.23. The molecule has 6 nitrogen and oxygen atoms in total. The summed E-state index contributed by atoms with van der Waals surface area (Å²) < 4.78 is 6.89. The van der Waals surface area contributed by atoms with Gasteiger partial charge in [-0.25, -0.2) is 9.97 Å². The molecule has 0 amide bonds. The van der Waals surface area contributed by atoms with Gasteiger partial charge in [-0.15, -0.1) is 0 Å². The van der Waals surface area contributed by atoms with Crippen LogP contribution in [0.1, 0.15) is 12.0 Å². The molecular formula is C21H27ClN4O2Si. The molecule has 2 heterocycles. The number of rotatable bonds is 6. The topological polar surface area (TPSA) is 69.0 Å². The number of anilines is 2. The molecule has 1 aliphatic rings. The zero-order valence-electron chi connectivity index (χ0n) is 17.5. The first kappa shape index (κ1) is 21.5. The third-order valence-corrected chi connectivity index (χ3v) is 6.99. The van der Waals surface area contributed by atoms with Crippen LogP contribution in [0.25, 0.3) is 0 Å². The fraction of sp³-hybridized carbons (Fsp3) is 0.381. The van der Waals surface area contributed by atoms with E-state index in [1.165, 1.54) is 0 Å². The van der Waals surface area contributed by atoms with E-state index in [1.54, 1.807) is 24.1 Å². The lowest BCUT2D eigenvalue weighted by Crippen LogP contribution is -2.40. The molecular weight excluding hydrogens is 404 g/mol. The van der Waals surface area contributed by atoms with Gasteiger partial charge in [0.1, 0.15) is 11.0 Å². The van der Waals surface area contributed by atoms with Crippen molar-refractivity contribution in [1.29, 1.82) is 0 Å². The number of nitrogens with zero attached hydrogens (tertiary/aromatic N) is 3. The first-order chi connectivity index (χ1) is 13.7. The van der Waals surface area contributed by atoms with E-state index >= 15 is 0 Å². The Morgan fingerprint density at radius 2 is 2.10 bits per heavy atom. The zero-order chi connectivity index (χ0) is 21.2. The number of aryl methyl sites for hydroxylation is 1. The van der Waals surface area contributed by atoms with Gasteiger partial charge in [-0.1, -0.05) is 55.5 Å². The molecule has 0 saturated carbocycles. The normalized spacial score (nSPS) is 16.6. The maximum absolute atomic E-state index is 13.0. The summed E-state index contributed by atoms with van der Waals surface area (Å²) in [5.74, 6) is 0.858. The van der Waals surface area contributed by atoms with E-state index in [1.807, 2.05) is 19.1 Å². The molecule has 0 aromatic carbocycles. The van der Waals surface area contributed by atoms with Gasteiger partial charge in [0.2, 0.25) is 0 Å². The number of halogens is 1. The Morgan fingerprint density at radius 3 is 2.72 bits per heavy atom. The predicted molar refractivity (Wildman–Crippen MR) is 121 cm³/mol. The van der Waals surface area contributed by atoms with Crippen molar-refractivity contribution in [2.45, 2.75) is 45.6 Å². The highest BCUT2D eigenvalue weighted by molar-refractivity contribution is 6.89. The molecule has 0 spiro atoms. The maximum Gasteiger partial charge on any atom is 0.294 e. The smallest absolute Gasteiger partial charge is 0.294 e. The minimum Gasteiger partial charge on any atom is -0.377 e. The summed E-state index contributed by atoms with van der Waals surface area (Å²) in [6.45, 7) is 9.17. The van der Waals surface area contributed by atoms with Gasteiger partial charge in [0, 0.05) is 19.5 Å². The highest BCUT2D eigenvalue weighted by Crippen LogP contribution is 2.17. The Labute approximate surface area is 177 Å². The highest BCUT2D eigenvalue weighted by Gasteiger charge is 2.23. The number of hydrogen-bond donors (Lipinski definition) is 1. The Morgan fingerprint density at radius 1 is 1.34 bits per heavy atom. The maximum atomic E-state index is 13.0. The molecule has 8 heteroatoms.